The Bertz CT molecular complexity index is 984. The molecule has 252 valence electrons. The second-order valence-electron chi connectivity index (χ2n) is 9.51. The first-order chi connectivity index (χ1) is 17.8. The molecule has 0 aliphatic rings. The van der Waals surface area contributed by atoms with Gasteiger partial charge in [0.1, 0.15) is 14.7 Å². The molecule has 0 amide bonds. The van der Waals surface area contributed by atoms with E-state index in [1.807, 2.05) is 0 Å². The molecule has 42 heavy (non-hydrogen) atoms. The highest BCUT2D eigenvalue weighted by Gasteiger charge is 2.97. The molecule has 0 fully saturated rings. The molecule has 0 saturated heterocycles. The van der Waals surface area contributed by atoms with Crippen LogP contribution < -0.4 is 0 Å². The van der Waals surface area contributed by atoms with Crippen LogP contribution in [-0.2, 0) is 4.79 Å². The molecular formula is C17H16F21NO2P+. The zero-order chi connectivity index (χ0) is 34.8. The standard InChI is InChI=1S/C17H16F21NO2P/c1-39(2,3)6-7(40)42(41)5-4-8(18,19)9(20,21)10(22,23)11(24,25)12(26,27)13(28,29)14(30,31)15(32,33)16(34,35)17(36,37)38/h41H,4-6H2,1-3H3/q+1. The summed E-state index contributed by atoms with van der Waals surface area (Å²) < 4.78 is 280. The van der Waals surface area contributed by atoms with E-state index < -0.39 is 92.3 Å². The van der Waals surface area contributed by atoms with Crippen LogP contribution in [0.25, 0.3) is 0 Å². The van der Waals surface area contributed by atoms with E-state index in [4.69, 9.17) is 0 Å². The summed E-state index contributed by atoms with van der Waals surface area (Å²) in [5.74, 6) is -77.6. The minimum Gasteiger partial charge on any atom is -0.366 e. The number of rotatable bonds is 14. The van der Waals surface area contributed by atoms with Gasteiger partial charge in [0.2, 0.25) is 5.52 Å². The Labute approximate surface area is 221 Å². The van der Waals surface area contributed by atoms with E-state index in [0.717, 1.165) is 0 Å². The van der Waals surface area contributed by atoms with E-state index in [0.29, 0.717) is 0 Å². The van der Waals surface area contributed by atoms with Crippen molar-refractivity contribution in [1.29, 1.82) is 0 Å². The van der Waals surface area contributed by atoms with E-state index in [1.165, 1.54) is 21.1 Å². The maximum Gasteiger partial charge on any atom is 0.460 e. The molecule has 0 spiro atoms. The van der Waals surface area contributed by atoms with Crippen LogP contribution in [0.4, 0.5) is 92.2 Å². The molecule has 1 unspecified atom stereocenters. The lowest BCUT2D eigenvalue weighted by atomic mass is 9.86. The first-order valence-electron chi connectivity index (χ1n) is 10.0. The summed E-state index contributed by atoms with van der Waals surface area (Å²) in [4.78, 5) is 21.1. The second-order valence-corrected chi connectivity index (χ2v) is 11.3. The molecule has 3 nitrogen and oxygen atoms in total. The number of hydrogen-bond donors (Lipinski definition) is 1. The molecule has 0 aliphatic heterocycles. The Kier molecular flexibility index (Phi) is 10.5. The van der Waals surface area contributed by atoms with Crippen molar-refractivity contribution < 1.29 is 106 Å². The fraction of sp³-hybridized carbons (Fsp3) is 0.941. The SMILES string of the molecule is C[N+](C)(C)CC(=O)P(O)CCC(F)(F)C(F)(F)C(F)(F)C(F)(F)C(F)(F)C(F)(F)C(F)(F)C(F)(F)C(F)(F)C(F)(F)F. The maximum atomic E-state index is 13.9. The van der Waals surface area contributed by atoms with E-state index in [2.05, 4.69) is 0 Å². The lowest BCUT2D eigenvalue weighted by molar-refractivity contribution is -0.861. The number of carbonyl (C=O) groups is 1. The average Bonchev–Trinajstić information content (AvgIpc) is 2.74. The zero-order valence-electron chi connectivity index (χ0n) is 20.3. The number of hydrogen-bond acceptors (Lipinski definition) is 2. The van der Waals surface area contributed by atoms with Crippen molar-refractivity contribution in [1.82, 2.24) is 0 Å². The smallest absolute Gasteiger partial charge is 0.366 e. The Balaban J connectivity index is 6.72. The van der Waals surface area contributed by atoms with Crippen molar-refractivity contribution in [2.24, 2.45) is 0 Å². The third-order valence-electron chi connectivity index (χ3n) is 5.11. The largest absolute Gasteiger partial charge is 0.460 e. The first-order valence-corrected chi connectivity index (χ1v) is 11.5. The van der Waals surface area contributed by atoms with E-state index in [1.54, 1.807) is 0 Å². The van der Waals surface area contributed by atoms with Gasteiger partial charge >= 0.3 is 59.5 Å². The second kappa shape index (κ2) is 10.9. The van der Waals surface area contributed by atoms with Gasteiger partial charge in [0.25, 0.3) is 0 Å². The maximum absolute atomic E-state index is 13.9. The number of carbonyl (C=O) groups excluding carboxylic acids is 1. The van der Waals surface area contributed by atoms with Gasteiger partial charge in [0, 0.05) is 12.6 Å². The fourth-order valence-corrected chi connectivity index (χ4v) is 3.94. The number of halogens is 21. The summed E-state index contributed by atoms with van der Waals surface area (Å²) in [5.41, 5.74) is -1.42. The summed E-state index contributed by atoms with van der Waals surface area (Å²) in [6, 6.07) is 0. The van der Waals surface area contributed by atoms with Crippen LogP contribution in [0.3, 0.4) is 0 Å². The van der Waals surface area contributed by atoms with Gasteiger partial charge < -0.3 is 9.38 Å². The van der Waals surface area contributed by atoms with Crippen molar-refractivity contribution in [3.05, 3.63) is 0 Å². The van der Waals surface area contributed by atoms with Crippen LogP contribution in [0.5, 0.6) is 0 Å². The fourth-order valence-electron chi connectivity index (χ4n) is 2.61. The Hall–Kier alpha value is -1.45. The molecule has 0 bridgehead atoms. The molecule has 1 N–H and O–H groups in total. The molecule has 0 heterocycles. The van der Waals surface area contributed by atoms with Crippen LogP contribution in [0, 0.1) is 0 Å². The van der Waals surface area contributed by atoms with E-state index >= 15 is 0 Å². The first kappa shape index (κ1) is 40.5. The molecule has 1 atom stereocenters. The molecule has 0 saturated carbocycles. The van der Waals surface area contributed by atoms with Gasteiger partial charge in [-0.05, 0) is 0 Å². The van der Waals surface area contributed by atoms with Crippen molar-refractivity contribution in [3.63, 3.8) is 0 Å². The number of nitrogens with zero attached hydrogens (tertiary/aromatic N) is 1. The van der Waals surface area contributed by atoms with Crippen molar-refractivity contribution >= 4 is 13.7 Å². The third kappa shape index (κ3) is 6.08. The zero-order valence-corrected chi connectivity index (χ0v) is 21.2. The quantitative estimate of drug-likeness (QED) is 0.118. The number of alkyl halides is 21. The van der Waals surface area contributed by atoms with E-state index in [-0.39, 0.29) is 4.48 Å². The number of quaternary nitrogens is 1. The normalized spacial score (nSPS) is 17.0. The Morgan fingerprint density at radius 1 is 0.524 bits per heavy atom. The van der Waals surface area contributed by atoms with Gasteiger partial charge in [0.15, 0.2) is 0 Å². The number of likely N-dealkylation sites (N-methyl/N-ethyl adjacent to an activating group) is 1. The van der Waals surface area contributed by atoms with Gasteiger partial charge in [-0.2, -0.15) is 92.2 Å². The molecule has 0 aromatic rings. The van der Waals surface area contributed by atoms with Crippen LogP contribution in [0.15, 0.2) is 0 Å². The molecular weight excluding hydrogens is 680 g/mol. The summed E-state index contributed by atoms with van der Waals surface area (Å²) in [6.07, 6.45) is -13.0. The Morgan fingerprint density at radius 2 is 0.786 bits per heavy atom. The van der Waals surface area contributed by atoms with Crippen LogP contribution in [0.1, 0.15) is 6.42 Å². The molecule has 0 radical (unpaired) electrons. The monoisotopic (exact) mass is 696 g/mol. The van der Waals surface area contributed by atoms with Gasteiger partial charge in [-0.15, -0.1) is 0 Å². The third-order valence-corrected chi connectivity index (χ3v) is 6.48. The highest BCUT2D eigenvalue weighted by molar-refractivity contribution is 7.69. The molecule has 0 aliphatic carbocycles. The van der Waals surface area contributed by atoms with Crippen LogP contribution in [0.2, 0.25) is 0 Å². The highest BCUT2D eigenvalue weighted by atomic mass is 31.1. The van der Waals surface area contributed by atoms with Crippen molar-refractivity contribution in [2.75, 3.05) is 33.8 Å². The highest BCUT2D eigenvalue weighted by Crippen LogP contribution is 2.66. The molecule has 25 heteroatoms. The van der Waals surface area contributed by atoms with Gasteiger partial charge in [0.05, 0.1) is 21.1 Å². The van der Waals surface area contributed by atoms with Gasteiger partial charge in [-0.25, -0.2) is 0 Å². The predicted octanol–water partition coefficient (Wildman–Crippen LogP) is 7.28. The molecule has 0 rings (SSSR count). The summed E-state index contributed by atoms with van der Waals surface area (Å²) in [5, 5.41) is 0. The molecule has 0 aromatic carbocycles. The topological polar surface area (TPSA) is 37.3 Å². The van der Waals surface area contributed by atoms with E-state index in [9.17, 15) is 102 Å². The minimum atomic E-state index is -9.23. The van der Waals surface area contributed by atoms with Gasteiger partial charge in [-0.1, -0.05) is 0 Å². The van der Waals surface area contributed by atoms with Crippen LogP contribution >= 0.6 is 8.15 Å². The lowest BCUT2D eigenvalue weighted by Gasteiger charge is -2.44. The Morgan fingerprint density at radius 3 is 1.05 bits per heavy atom. The average molecular weight is 696 g/mol. The molecule has 0 aromatic heterocycles. The van der Waals surface area contributed by atoms with Gasteiger partial charge in [-0.3, -0.25) is 4.79 Å². The van der Waals surface area contributed by atoms with Crippen molar-refractivity contribution in [2.45, 2.75) is 65.9 Å². The summed E-state index contributed by atoms with van der Waals surface area (Å²) in [6.45, 7) is -0.758. The van der Waals surface area contributed by atoms with Crippen LogP contribution in [-0.4, -0.2) is 108 Å². The van der Waals surface area contributed by atoms with Crippen molar-refractivity contribution in [3.8, 4) is 0 Å². The lowest BCUT2D eigenvalue weighted by Crippen LogP contribution is -2.76. The summed E-state index contributed by atoms with van der Waals surface area (Å²) >= 11 is 0. The summed E-state index contributed by atoms with van der Waals surface area (Å²) in [7, 11) is 0.199. The predicted molar refractivity (Wildman–Crippen MR) is 97.1 cm³/mol. The minimum absolute atomic E-state index is 0.378.